The molecule has 2 unspecified atom stereocenters. The van der Waals surface area contributed by atoms with Crippen molar-refractivity contribution in [2.75, 3.05) is 24.5 Å². The number of fused-ring (bicyclic) bond motifs is 1. The number of aryl methyl sites for hydroxylation is 1. The molecule has 10 heteroatoms. The lowest BCUT2D eigenvalue weighted by atomic mass is 9.91. The highest BCUT2D eigenvalue weighted by Crippen LogP contribution is 2.34. The Labute approximate surface area is 201 Å². The van der Waals surface area contributed by atoms with Gasteiger partial charge in [0.1, 0.15) is 15.8 Å². The molecular weight excluding hydrogens is 460 g/mol. The lowest BCUT2D eigenvalue weighted by molar-refractivity contribution is -0.137. The van der Waals surface area contributed by atoms with Crippen molar-refractivity contribution in [1.82, 2.24) is 14.3 Å². The molecule has 8 nitrogen and oxygen atoms in total. The first kappa shape index (κ1) is 23.4. The summed E-state index contributed by atoms with van der Waals surface area (Å²) in [4.78, 5) is 46.1. The van der Waals surface area contributed by atoms with Crippen LogP contribution >= 0.6 is 24.0 Å². The number of hydrogen-bond donors (Lipinski definition) is 1. The number of carboxylic acid groups (broad SMARTS) is 1. The molecule has 33 heavy (non-hydrogen) atoms. The third kappa shape index (κ3) is 4.81. The summed E-state index contributed by atoms with van der Waals surface area (Å²) in [6, 6.07) is 3.74. The SMILES string of the molecule is Cc1ccc2nc(N3CC(C)CC(C)C3)c(/C=C3\SC(=S)N(CCC(=O)O)C3=O)c(=O)n2c1. The fourth-order valence-corrected chi connectivity index (χ4v) is 5.77. The van der Waals surface area contributed by atoms with Crippen molar-refractivity contribution in [3.8, 4) is 0 Å². The second kappa shape index (κ2) is 9.26. The molecular formula is C23H26N4O4S2. The van der Waals surface area contributed by atoms with Crippen molar-refractivity contribution >= 4 is 57.7 Å². The Morgan fingerprint density at radius 2 is 1.97 bits per heavy atom. The quantitative estimate of drug-likeness (QED) is 0.509. The number of nitrogens with zero attached hydrogens (tertiary/aromatic N) is 4. The van der Waals surface area contributed by atoms with Gasteiger partial charge >= 0.3 is 5.97 Å². The number of thiocarbonyl (C=S) groups is 1. The molecule has 0 bridgehead atoms. The number of anilines is 1. The minimum atomic E-state index is -1.00. The number of piperidine rings is 1. The maximum absolute atomic E-state index is 13.6. The Balaban J connectivity index is 1.82. The van der Waals surface area contributed by atoms with Gasteiger partial charge in [-0.25, -0.2) is 4.98 Å². The molecule has 4 rings (SSSR count). The van der Waals surface area contributed by atoms with Crippen LogP contribution in [-0.4, -0.2) is 55.2 Å². The molecule has 0 spiro atoms. The van der Waals surface area contributed by atoms with Crippen LogP contribution in [-0.2, 0) is 9.59 Å². The van der Waals surface area contributed by atoms with Crippen LogP contribution in [0.5, 0.6) is 0 Å². The van der Waals surface area contributed by atoms with Crippen LogP contribution in [0, 0.1) is 18.8 Å². The first-order valence-corrected chi connectivity index (χ1v) is 12.1. The van der Waals surface area contributed by atoms with E-state index in [1.165, 1.54) is 9.30 Å². The van der Waals surface area contributed by atoms with Gasteiger partial charge in [-0.3, -0.25) is 23.7 Å². The molecule has 2 fully saturated rings. The molecule has 174 valence electrons. The van der Waals surface area contributed by atoms with E-state index in [4.69, 9.17) is 22.3 Å². The Kier molecular flexibility index (Phi) is 6.58. The molecule has 2 aliphatic heterocycles. The van der Waals surface area contributed by atoms with Crippen LogP contribution < -0.4 is 10.5 Å². The summed E-state index contributed by atoms with van der Waals surface area (Å²) in [7, 11) is 0. The van der Waals surface area contributed by atoms with Crippen molar-refractivity contribution in [3.05, 3.63) is 44.7 Å². The van der Waals surface area contributed by atoms with E-state index in [1.54, 1.807) is 12.3 Å². The largest absolute Gasteiger partial charge is 0.481 e. The molecule has 2 atom stereocenters. The lowest BCUT2D eigenvalue weighted by Crippen LogP contribution is -2.40. The van der Waals surface area contributed by atoms with E-state index >= 15 is 0 Å². The van der Waals surface area contributed by atoms with E-state index in [0.717, 1.165) is 36.8 Å². The zero-order valence-electron chi connectivity index (χ0n) is 18.8. The molecule has 1 amide bonds. The summed E-state index contributed by atoms with van der Waals surface area (Å²) >= 11 is 6.39. The van der Waals surface area contributed by atoms with Crippen LogP contribution in [0.3, 0.4) is 0 Å². The summed E-state index contributed by atoms with van der Waals surface area (Å²) < 4.78 is 1.80. The average molecular weight is 487 g/mol. The molecule has 4 heterocycles. The lowest BCUT2D eigenvalue weighted by Gasteiger charge is -2.36. The number of carbonyl (C=O) groups is 2. The highest BCUT2D eigenvalue weighted by atomic mass is 32.2. The standard InChI is InChI=1S/C23H26N4O4S2/c1-13-4-5-18-24-20(25-10-14(2)8-15(3)11-25)16(21(30)27(18)12-13)9-17-22(31)26(23(32)33-17)7-6-19(28)29/h4-5,9,12,14-15H,6-8,10-11H2,1-3H3,(H,28,29)/b17-9-. The second-order valence-electron chi connectivity index (χ2n) is 8.92. The molecule has 0 radical (unpaired) electrons. The third-order valence-corrected chi connectivity index (χ3v) is 7.23. The van der Waals surface area contributed by atoms with Crippen molar-refractivity contribution in [1.29, 1.82) is 0 Å². The zero-order valence-corrected chi connectivity index (χ0v) is 20.4. The fourth-order valence-electron chi connectivity index (χ4n) is 4.48. The minimum Gasteiger partial charge on any atom is -0.481 e. The molecule has 1 N–H and O–H groups in total. The van der Waals surface area contributed by atoms with E-state index < -0.39 is 5.97 Å². The molecule has 0 aromatic carbocycles. The van der Waals surface area contributed by atoms with Gasteiger partial charge in [0.15, 0.2) is 0 Å². The van der Waals surface area contributed by atoms with Gasteiger partial charge < -0.3 is 10.0 Å². The number of hydrogen-bond acceptors (Lipinski definition) is 7. The van der Waals surface area contributed by atoms with Gasteiger partial charge in [0.05, 0.1) is 16.9 Å². The Hall–Kier alpha value is -2.72. The molecule has 0 aliphatic carbocycles. The fraction of sp³-hybridized carbons (Fsp3) is 0.435. The Bertz CT molecular complexity index is 1230. The van der Waals surface area contributed by atoms with E-state index in [2.05, 4.69) is 18.7 Å². The van der Waals surface area contributed by atoms with Gasteiger partial charge in [0.2, 0.25) is 0 Å². The van der Waals surface area contributed by atoms with Crippen molar-refractivity contribution in [2.24, 2.45) is 11.8 Å². The third-order valence-electron chi connectivity index (χ3n) is 5.85. The van der Waals surface area contributed by atoms with Crippen molar-refractivity contribution in [3.63, 3.8) is 0 Å². The summed E-state index contributed by atoms with van der Waals surface area (Å²) in [5.74, 6) is 0.0866. The first-order chi connectivity index (χ1) is 15.6. The van der Waals surface area contributed by atoms with Gasteiger partial charge in [0, 0.05) is 25.8 Å². The number of carbonyl (C=O) groups excluding carboxylic acids is 1. The van der Waals surface area contributed by atoms with E-state index in [1.807, 2.05) is 19.1 Å². The summed E-state index contributed by atoms with van der Waals surface area (Å²) in [5, 5.41) is 8.97. The van der Waals surface area contributed by atoms with Crippen LogP contribution in [0.25, 0.3) is 11.7 Å². The second-order valence-corrected chi connectivity index (χ2v) is 10.6. The van der Waals surface area contributed by atoms with Crippen LogP contribution in [0.2, 0.25) is 0 Å². The Morgan fingerprint density at radius 3 is 2.64 bits per heavy atom. The van der Waals surface area contributed by atoms with Gasteiger partial charge in [0.25, 0.3) is 11.5 Å². The maximum Gasteiger partial charge on any atom is 0.305 e. The summed E-state index contributed by atoms with van der Waals surface area (Å²) in [6.07, 6.45) is 4.22. The number of rotatable bonds is 5. The van der Waals surface area contributed by atoms with Crippen LogP contribution in [0.1, 0.15) is 37.8 Å². The molecule has 2 aromatic rings. The van der Waals surface area contributed by atoms with E-state index in [0.29, 0.717) is 38.1 Å². The molecule has 2 aliphatic rings. The number of thioether (sulfide) groups is 1. The first-order valence-electron chi connectivity index (χ1n) is 10.9. The predicted octanol–water partition coefficient (Wildman–Crippen LogP) is 3.16. The van der Waals surface area contributed by atoms with Crippen molar-refractivity contribution in [2.45, 2.75) is 33.6 Å². The zero-order chi connectivity index (χ0) is 23.9. The minimum absolute atomic E-state index is 0.000497. The van der Waals surface area contributed by atoms with Crippen molar-refractivity contribution < 1.29 is 14.7 Å². The average Bonchev–Trinajstić information content (AvgIpc) is 3.00. The molecule has 0 saturated carbocycles. The number of pyridine rings is 1. The predicted molar refractivity (Wildman–Crippen MR) is 133 cm³/mol. The number of carboxylic acids is 1. The highest BCUT2D eigenvalue weighted by molar-refractivity contribution is 8.26. The smallest absolute Gasteiger partial charge is 0.305 e. The van der Waals surface area contributed by atoms with Gasteiger partial charge in [-0.2, -0.15) is 0 Å². The normalized spacial score (nSPS) is 22.6. The van der Waals surface area contributed by atoms with Gasteiger partial charge in [-0.05, 0) is 42.9 Å². The maximum atomic E-state index is 13.6. The molecule has 2 saturated heterocycles. The van der Waals surface area contributed by atoms with E-state index in [9.17, 15) is 14.4 Å². The summed E-state index contributed by atoms with van der Waals surface area (Å²) in [6.45, 7) is 7.83. The molecule has 2 aromatic heterocycles. The van der Waals surface area contributed by atoms with Gasteiger partial charge in [-0.15, -0.1) is 0 Å². The van der Waals surface area contributed by atoms with E-state index in [-0.39, 0.29) is 24.4 Å². The summed E-state index contributed by atoms with van der Waals surface area (Å²) in [5.41, 5.74) is 1.57. The van der Waals surface area contributed by atoms with Gasteiger partial charge in [-0.1, -0.05) is 43.9 Å². The monoisotopic (exact) mass is 486 g/mol. The van der Waals surface area contributed by atoms with Crippen LogP contribution in [0.4, 0.5) is 5.82 Å². The Morgan fingerprint density at radius 1 is 1.27 bits per heavy atom. The topological polar surface area (TPSA) is 95.2 Å². The van der Waals surface area contributed by atoms with Crippen LogP contribution in [0.15, 0.2) is 28.0 Å². The number of aromatic nitrogens is 2. The highest BCUT2D eigenvalue weighted by Gasteiger charge is 2.33. The number of amides is 1. The number of aliphatic carboxylic acids is 1.